The van der Waals surface area contributed by atoms with Crippen LogP contribution in [0.25, 0.3) is 0 Å². The van der Waals surface area contributed by atoms with Crippen LogP contribution in [0.15, 0.2) is 18.2 Å². The summed E-state index contributed by atoms with van der Waals surface area (Å²) in [7, 11) is 1.79. The number of anilines is 1. The lowest BCUT2D eigenvalue weighted by molar-refractivity contribution is -0.117. The van der Waals surface area contributed by atoms with E-state index in [2.05, 4.69) is 0 Å². The molecule has 102 valence electrons. The Morgan fingerprint density at radius 3 is 2.84 bits per heavy atom. The van der Waals surface area contributed by atoms with E-state index in [4.69, 9.17) is 4.74 Å². The van der Waals surface area contributed by atoms with Gasteiger partial charge in [-0.2, -0.15) is 0 Å². The van der Waals surface area contributed by atoms with Crippen molar-refractivity contribution in [3.63, 3.8) is 0 Å². The first-order chi connectivity index (χ1) is 9.16. The summed E-state index contributed by atoms with van der Waals surface area (Å²) in [5.41, 5.74) is 2.91. The summed E-state index contributed by atoms with van der Waals surface area (Å²) in [5, 5.41) is 10.5. The molecule has 0 radical (unpaired) electrons. The molecule has 1 fully saturated rings. The van der Waals surface area contributed by atoms with Crippen molar-refractivity contribution >= 4 is 11.6 Å². The Bertz CT molecular complexity index is 494. The summed E-state index contributed by atoms with van der Waals surface area (Å²) >= 11 is 0. The van der Waals surface area contributed by atoms with Gasteiger partial charge in [-0.15, -0.1) is 0 Å². The van der Waals surface area contributed by atoms with E-state index in [9.17, 15) is 9.90 Å². The highest BCUT2D eigenvalue weighted by Crippen LogP contribution is 2.34. The van der Waals surface area contributed by atoms with Crippen molar-refractivity contribution in [2.75, 3.05) is 25.2 Å². The predicted molar refractivity (Wildman–Crippen MR) is 72.1 cm³/mol. The van der Waals surface area contributed by atoms with Gasteiger partial charge >= 0.3 is 0 Å². The van der Waals surface area contributed by atoms with Crippen LogP contribution in [0.5, 0.6) is 0 Å². The zero-order valence-electron chi connectivity index (χ0n) is 11.1. The third kappa shape index (κ3) is 2.26. The van der Waals surface area contributed by atoms with E-state index < -0.39 is 6.10 Å². The lowest BCUT2D eigenvalue weighted by Gasteiger charge is -2.27. The minimum Gasteiger partial charge on any atom is -0.388 e. The number of hydrogen-bond acceptors (Lipinski definition) is 3. The molecule has 1 aromatic carbocycles. The van der Waals surface area contributed by atoms with Gasteiger partial charge in [0.25, 0.3) is 0 Å². The molecule has 2 heterocycles. The fraction of sp³-hybridized carbons (Fsp3) is 0.533. The molecule has 0 saturated carbocycles. The molecule has 2 aliphatic heterocycles. The molecule has 1 atom stereocenters. The molecule has 0 spiro atoms. The van der Waals surface area contributed by atoms with Crippen LogP contribution in [0.1, 0.15) is 30.1 Å². The Balaban J connectivity index is 1.82. The number of fused-ring (bicyclic) bond motifs is 1. The molecule has 2 aliphatic rings. The van der Waals surface area contributed by atoms with Crippen LogP contribution in [-0.4, -0.2) is 31.3 Å². The number of aliphatic hydroxyl groups excluding tert-OH is 1. The summed E-state index contributed by atoms with van der Waals surface area (Å²) in [6.07, 6.45) is 1.80. The van der Waals surface area contributed by atoms with Gasteiger partial charge in [-0.05, 0) is 36.0 Å². The number of carbonyl (C=O) groups is 1. The van der Waals surface area contributed by atoms with Crippen LogP contribution < -0.4 is 4.90 Å². The highest BCUT2D eigenvalue weighted by molar-refractivity contribution is 6.00. The van der Waals surface area contributed by atoms with Gasteiger partial charge in [0.2, 0.25) is 5.91 Å². The average Bonchev–Trinajstić information content (AvgIpc) is 2.74. The number of ether oxygens (including phenoxy) is 1. The molecule has 0 bridgehead atoms. The molecule has 1 N–H and O–H groups in total. The first-order valence-electron chi connectivity index (χ1n) is 6.82. The third-order valence-electron chi connectivity index (χ3n) is 4.23. The van der Waals surface area contributed by atoms with Gasteiger partial charge in [0.15, 0.2) is 0 Å². The molecular formula is C15H19NO3. The van der Waals surface area contributed by atoms with Crippen molar-refractivity contribution < 1.29 is 14.6 Å². The molecule has 4 heteroatoms. The Morgan fingerprint density at radius 2 is 2.11 bits per heavy atom. The predicted octanol–water partition coefficient (Wildman–Crippen LogP) is 1.67. The monoisotopic (exact) mass is 261 g/mol. The highest BCUT2D eigenvalue weighted by Gasteiger charge is 2.27. The molecule has 1 aromatic rings. The summed E-state index contributed by atoms with van der Waals surface area (Å²) < 4.78 is 5.33. The van der Waals surface area contributed by atoms with Crippen LogP contribution in [-0.2, 0) is 16.0 Å². The maximum absolute atomic E-state index is 11.7. The van der Waals surface area contributed by atoms with Crippen molar-refractivity contribution in [3.8, 4) is 0 Å². The number of aliphatic hydroxyl groups is 1. The summed E-state index contributed by atoms with van der Waals surface area (Å²) in [4.78, 5) is 13.3. The Morgan fingerprint density at radius 1 is 1.37 bits per heavy atom. The van der Waals surface area contributed by atoms with Gasteiger partial charge < -0.3 is 14.7 Å². The van der Waals surface area contributed by atoms with Gasteiger partial charge in [0, 0.05) is 25.9 Å². The highest BCUT2D eigenvalue weighted by atomic mass is 16.5. The van der Waals surface area contributed by atoms with Gasteiger partial charge in [-0.25, -0.2) is 0 Å². The van der Waals surface area contributed by atoms with Crippen LogP contribution in [0.2, 0.25) is 0 Å². The van der Waals surface area contributed by atoms with Gasteiger partial charge in [0.05, 0.1) is 12.5 Å². The average molecular weight is 261 g/mol. The van der Waals surface area contributed by atoms with Crippen molar-refractivity contribution in [3.05, 3.63) is 29.3 Å². The topological polar surface area (TPSA) is 49.8 Å². The van der Waals surface area contributed by atoms with E-state index in [-0.39, 0.29) is 11.8 Å². The van der Waals surface area contributed by atoms with E-state index in [0.717, 1.165) is 42.9 Å². The molecule has 1 amide bonds. The molecule has 1 saturated heterocycles. The zero-order valence-corrected chi connectivity index (χ0v) is 11.1. The van der Waals surface area contributed by atoms with Gasteiger partial charge in [0.1, 0.15) is 0 Å². The lowest BCUT2D eigenvalue weighted by Crippen LogP contribution is -2.22. The minimum absolute atomic E-state index is 0.118. The molecular weight excluding hydrogens is 242 g/mol. The second-order valence-corrected chi connectivity index (χ2v) is 5.41. The van der Waals surface area contributed by atoms with Crippen LogP contribution in [0, 0.1) is 5.92 Å². The minimum atomic E-state index is -0.449. The second-order valence-electron chi connectivity index (χ2n) is 5.41. The first kappa shape index (κ1) is 12.6. The van der Waals surface area contributed by atoms with Gasteiger partial charge in [-0.3, -0.25) is 4.79 Å². The van der Waals surface area contributed by atoms with Crippen molar-refractivity contribution in [2.24, 2.45) is 5.92 Å². The smallest absolute Gasteiger partial charge is 0.231 e. The van der Waals surface area contributed by atoms with Crippen molar-refractivity contribution in [1.29, 1.82) is 0 Å². The van der Waals surface area contributed by atoms with Crippen molar-refractivity contribution in [1.82, 2.24) is 0 Å². The molecule has 1 unspecified atom stereocenters. The lowest BCUT2D eigenvalue weighted by atomic mass is 9.88. The number of carbonyl (C=O) groups excluding carboxylic acids is 1. The number of benzene rings is 1. The van der Waals surface area contributed by atoms with E-state index in [1.165, 1.54) is 0 Å². The van der Waals surface area contributed by atoms with E-state index >= 15 is 0 Å². The van der Waals surface area contributed by atoms with Crippen LogP contribution in [0.3, 0.4) is 0 Å². The largest absolute Gasteiger partial charge is 0.388 e. The third-order valence-corrected chi connectivity index (χ3v) is 4.23. The quantitative estimate of drug-likeness (QED) is 0.881. The zero-order chi connectivity index (χ0) is 13.4. The molecule has 4 nitrogen and oxygen atoms in total. The summed E-state index contributed by atoms with van der Waals surface area (Å²) in [5.74, 6) is 0.384. The number of likely N-dealkylation sites (N-methyl/N-ethyl adjacent to an activating group) is 1. The summed E-state index contributed by atoms with van der Waals surface area (Å²) in [6.45, 7) is 1.46. The first-order valence-corrected chi connectivity index (χ1v) is 6.82. The summed E-state index contributed by atoms with van der Waals surface area (Å²) in [6, 6.07) is 5.86. The number of amides is 1. The number of hydrogen-bond donors (Lipinski definition) is 1. The normalized spacial score (nSPS) is 21.6. The number of rotatable bonds is 2. The Hall–Kier alpha value is -1.39. The van der Waals surface area contributed by atoms with E-state index in [0.29, 0.717) is 6.42 Å². The Labute approximate surface area is 113 Å². The van der Waals surface area contributed by atoms with Crippen molar-refractivity contribution in [2.45, 2.75) is 25.4 Å². The molecule has 0 aliphatic carbocycles. The fourth-order valence-corrected chi connectivity index (χ4v) is 2.98. The fourth-order valence-electron chi connectivity index (χ4n) is 2.98. The van der Waals surface area contributed by atoms with Crippen LogP contribution in [0.4, 0.5) is 5.69 Å². The maximum Gasteiger partial charge on any atom is 0.231 e. The molecule has 3 rings (SSSR count). The van der Waals surface area contributed by atoms with E-state index in [1.54, 1.807) is 11.9 Å². The second kappa shape index (κ2) is 4.94. The Kier molecular flexibility index (Phi) is 3.29. The molecule has 0 aromatic heterocycles. The van der Waals surface area contributed by atoms with Gasteiger partial charge in [-0.1, -0.05) is 12.1 Å². The van der Waals surface area contributed by atoms with Crippen LogP contribution >= 0.6 is 0 Å². The number of nitrogens with zero attached hydrogens (tertiary/aromatic N) is 1. The maximum atomic E-state index is 11.7. The standard InChI is InChI=1S/C15H19NO3/c1-16-13-3-2-11(8-12(13)9-14(16)17)15(18)10-4-6-19-7-5-10/h2-3,8,10,15,18H,4-7,9H2,1H3. The molecule has 19 heavy (non-hydrogen) atoms. The van der Waals surface area contributed by atoms with E-state index in [1.807, 2.05) is 18.2 Å². The SMILES string of the molecule is CN1C(=O)Cc2cc(C(O)C3CCOCC3)ccc21.